The smallest absolute Gasteiger partial charge is 0.226 e. The second kappa shape index (κ2) is 7.10. The molecule has 0 saturated heterocycles. The van der Waals surface area contributed by atoms with Gasteiger partial charge in [0, 0.05) is 28.8 Å². The maximum absolute atomic E-state index is 11.8. The summed E-state index contributed by atoms with van der Waals surface area (Å²) < 4.78 is 1.02. The van der Waals surface area contributed by atoms with Gasteiger partial charge >= 0.3 is 0 Å². The van der Waals surface area contributed by atoms with Crippen molar-refractivity contribution in [1.82, 2.24) is 0 Å². The highest BCUT2D eigenvalue weighted by Gasteiger charge is 2.02. The number of benzene rings is 2. The summed E-state index contributed by atoms with van der Waals surface area (Å²) in [4.78, 5) is 11.8. The molecule has 4 heteroatoms. The third-order valence-electron chi connectivity index (χ3n) is 2.84. The van der Waals surface area contributed by atoms with Crippen LogP contribution < -0.4 is 10.6 Å². The molecule has 0 aliphatic rings. The van der Waals surface area contributed by atoms with Crippen LogP contribution in [0.25, 0.3) is 0 Å². The summed E-state index contributed by atoms with van der Waals surface area (Å²) >= 11 is 3.41. The monoisotopic (exact) mass is 332 g/mol. The molecule has 2 aromatic rings. The van der Waals surface area contributed by atoms with E-state index in [4.69, 9.17) is 0 Å². The molecule has 0 atom stereocenters. The fraction of sp³-hybridized carbons (Fsp3) is 0.188. The fourth-order valence-electron chi connectivity index (χ4n) is 1.78. The molecule has 0 aliphatic carbocycles. The molecule has 0 unspecified atom stereocenters. The number of halogens is 1. The number of carbonyl (C=O) groups is 1. The molecular weight excluding hydrogens is 316 g/mol. The van der Waals surface area contributed by atoms with E-state index >= 15 is 0 Å². The van der Waals surface area contributed by atoms with Crippen molar-refractivity contribution in [2.24, 2.45) is 0 Å². The zero-order chi connectivity index (χ0) is 14.4. The number of hydrogen-bond acceptors (Lipinski definition) is 2. The first-order valence-corrected chi connectivity index (χ1v) is 7.29. The zero-order valence-corrected chi connectivity index (χ0v) is 12.9. The largest absolute Gasteiger partial charge is 0.384 e. The quantitative estimate of drug-likeness (QED) is 0.861. The van der Waals surface area contributed by atoms with E-state index < -0.39 is 0 Å². The van der Waals surface area contributed by atoms with Crippen LogP contribution in [0, 0.1) is 6.92 Å². The van der Waals surface area contributed by atoms with E-state index in [2.05, 4.69) is 26.6 Å². The van der Waals surface area contributed by atoms with Crippen molar-refractivity contribution in [3.8, 4) is 0 Å². The van der Waals surface area contributed by atoms with Gasteiger partial charge in [0.05, 0.1) is 0 Å². The molecule has 2 N–H and O–H groups in total. The first kappa shape index (κ1) is 14.6. The molecule has 104 valence electrons. The molecule has 1 amide bonds. The van der Waals surface area contributed by atoms with E-state index in [0.29, 0.717) is 13.0 Å². The summed E-state index contributed by atoms with van der Waals surface area (Å²) in [6.07, 6.45) is 0.431. The Morgan fingerprint density at radius 2 is 1.85 bits per heavy atom. The molecular formula is C16H17BrN2O. The van der Waals surface area contributed by atoms with Crippen molar-refractivity contribution in [2.45, 2.75) is 13.3 Å². The van der Waals surface area contributed by atoms with Crippen LogP contribution in [-0.2, 0) is 4.79 Å². The lowest BCUT2D eigenvalue weighted by atomic mass is 10.2. The van der Waals surface area contributed by atoms with E-state index in [1.807, 2.05) is 55.5 Å². The summed E-state index contributed by atoms with van der Waals surface area (Å²) in [6, 6.07) is 15.7. The average molecular weight is 333 g/mol. The number of carbonyl (C=O) groups excluding carboxylic acids is 1. The molecule has 0 heterocycles. The van der Waals surface area contributed by atoms with E-state index in [0.717, 1.165) is 15.8 Å². The molecule has 0 radical (unpaired) electrons. The van der Waals surface area contributed by atoms with Gasteiger partial charge in [-0.15, -0.1) is 0 Å². The number of nitrogens with one attached hydrogen (secondary N) is 2. The zero-order valence-electron chi connectivity index (χ0n) is 11.3. The van der Waals surface area contributed by atoms with Crippen molar-refractivity contribution in [3.05, 3.63) is 58.6 Å². The third-order valence-corrected chi connectivity index (χ3v) is 3.33. The Morgan fingerprint density at radius 1 is 1.10 bits per heavy atom. The van der Waals surface area contributed by atoms with Crippen LogP contribution in [0.15, 0.2) is 53.0 Å². The lowest BCUT2D eigenvalue weighted by molar-refractivity contribution is -0.115. The average Bonchev–Trinajstić information content (AvgIpc) is 2.41. The van der Waals surface area contributed by atoms with Gasteiger partial charge in [0.1, 0.15) is 0 Å². The van der Waals surface area contributed by atoms with Gasteiger partial charge in [0.2, 0.25) is 5.91 Å². The highest BCUT2D eigenvalue weighted by Crippen LogP contribution is 2.15. The molecule has 0 aliphatic heterocycles. The van der Waals surface area contributed by atoms with E-state index in [-0.39, 0.29) is 5.91 Å². The van der Waals surface area contributed by atoms with Gasteiger partial charge in [0.25, 0.3) is 0 Å². The molecule has 0 spiro atoms. The van der Waals surface area contributed by atoms with Crippen LogP contribution >= 0.6 is 15.9 Å². The minimum absolute atomic E-state index is 0.0105. The summed E-state index contributed by atoms with van der Waals surface area (Å²) in [7, 11) is 0. The topological polar surface area (TPSA) is 41.1 Å². The van der Waals surface area contributed by atoms with Crippen LogP contribution in [-0.4, -0.2) is 12.5 Å². The molecule has 0 aromatic heterocycles. The Kier molecular flexibility index (Phi) is 5.18. The number of anilines is 2. The van der Waals surface area contributed by atoms with Crippen molar-refractivity contribution in [3.63, 3.8) is 0 Å². The number of hydrogen-bond donors (Lipinski definition) is 2. The van der Waals surface area contributed by atoms with Gasteiger partial charge in [-0.05, 0) is 37.3 Å². The van der Waals surface area contributed by atoms with Crippen LogP contribution in [0.4, 0.5) is 11.4 Å². The molecule has 3 nitrogen and oxygen atoms in total. The Morgan fingerprint density at radius 3 is 2.55 bits per heavy atom. The lowest BCUT2D eigenvalue weighted by Crippen LogP contribution is -2.16. The highest BCUT2D eigenvalue weighted by atomic mass is 79.9. The van der Waals surface area contributed by atoms with Gasteiger partial charge in [0.15, 0.2) is 0 Å². The Hall–Kier alpha value is -1.81. The maximum atomic E-state index is 11.8. The number of rotatable bonds is 5. The SMILES string of the molecule is Cc1ccc(NC(=O)CCNc2cccc(Br)c2)cc1. The van der Waals surface area contributed by atoms with Gasteiger partial charge in [-0.25, -0.2) is 0 Å². The van der Waals surface area contributed by atoms with Gasteiger partial charge < -0.3 is 10.6 Å². The minimum atomic E-state index is 0.0105. The maximum Gasteiger partial charge on any atom is 0.226 e. The minimum Gasteiger partial charge on any atom is -0.384 e. The van der Waals surface area contributed by atoms with Crippen LogP contribution in [0.3, 0.4) is 0 Å². The van der Waals surface area contributed by atoms with Crippen molar-refractivity contribution in [1.29, 1.82) is 0 Å². The molecule has 2 rings (SSSR count). The summed E-state index contributed by atoms with van der Waals surface area (Å²) in [5.74, 6) is 0.0105. The standard InChI is InChI=1S/C16H17BrN2O/c1-12-5-7-14(8-6-12)19-16(20)9-10-18-15-4-2-3-13(17)11-15/h2-8,11,18H,9-10H2,1H3,(H,19,20). The Balaban J connectivity index is 1.76. The van der Waals surface area contributed by atoms with Crippen molar-refractivity contribution in [2.75, 3.05) is 17.2 Å². The van der Waals surface area contributed by atoms with E-state index in [1.165, 1.54) is 5.56 Å². The molecule has 20 heavy (non-hydrogen) atoms. The normalized spacial score (nSPS) is 10.1. The predicted octanol–water partition coefficient (Wildman–Crippen LogP) is 4.20. The fourth-order valence-corrected chi connectivity index (χ4v) is 2.18. The highest BCUT2D eigenvalue weighted by molar-refractivity contribution is 9.10. The van der Waals surface area contributed by atoms with E-state index in [9.17, 15) is 4.79 Å². The second-order valence-corrected chi connectivity index (χ2v) is 5.52. The lowest BCUT2D eigenvalue weighted by Gasteiger charge is -2.08. The molecule has 0 fully saturated rings. The van der Waals surface area contributed by atoms with Gasteiger partial charge in [-0.3, -0.25) is 4.79 Å². The number of amides is 1. The van der Waals surface area contributed by atoms with Crippen LogP contribution in [0.5, 0.6) is 0 Å². The summed E-state index contributed by atoms with van der Waals surface area (Å²) in [6.45, 7) is 2.63. The van der Waals surface area contributed by atoms with Crippen LogP contribution in [0.1, 0.15) is 12.0 Å². The summed E-state index contributed by atoms with van der Waals surface area (Å²) in [5, 5.41) is 6.10. The third kappa shape index (κ3) is 4.70. The van der Waals surface area contributed by atoms with Gasteiger partial charge in [-0.1, -0.05) is 39.7 Å². The Labute approximate surface area is 127 Å². The van der Waals surface area contributed by atoms with E-state index in [1.54, 1.807) is 0 Å². The van der Waals surface area contributed by atoms with Crippen molar-refractivity contribution >= 4 is 33.2 Å². The van der Waals surface area contributed by atoms with Gasteiger partial charge in [-0.2, -0.15) is 0 Å². The first-order valence-electron chi connectivity index (χ1n) is 6.49. The molecule has 0 bridgehead atoms. The summed E-state index contributed by atoms with van der Waals surface area (Å²) in [5.41, 5.74) is 3.02. The Bertz CT molecular complexity index is 581. The predicted molar refractivity (Wildman–Crippen MR) is 87.1 cm³/mol. The second-order valence-electron chi connectivity index (χ2n) is 4.60. The first-order chi connectivity index (χ1) is 9.63. The number of aryl methyl sites for hydroxylation is 1. The van der Waals surface area contributed by atoms with Crippen LogP contribution in [0.2, 0.25) is 0 Å². The molecule has 2 aromatic carbocycles. The van der Waals surface area contributed by atoms with Crippen molar-refractivity contribution < 1.29 is 4.79 Å². The molecule has 0 saturated carbocycles.